The SMILES string of the molecule is NC(CCOCC(F)F)c1cnccn1. The number of aromatic nitrogens is 2. The molecule has 1 unspecified atom stereocenters. The Hall–Kier alpha value is -1.14. The third kappa shape index (κ3) is 4.75. The van der Waals surface area contributed by atoms with Crippen LogP contribution in [0.1, 0.15) is 18.2 Å². The summed E-state index contributed by atoms with van der Waals surface area (Å²) in [6.07, 6.45) is 2.65. The standard InChI is InChI=1S/C9H13F2N3O/c10-9(11)6-15-4-1-7(12)8-5-13-2-3-14-8/h2-3,5,7,9H,1,4,6,12H2. The number of ether oxygens (including phenoxy) is 1. The fraction of sp³-hybridized carbons (Fsp3) is 0.556. The first-order valence-electron chi connectivity index (χ1n) is 4.57. The van der Waals surface area contributed by atoms with Crippen molar-refractivity contribution >= 4 is 0 Å². The van der Waals surface area contributed by atoms with Crippen LogP contribution in [0.25, 0.3) is 0 Å². The number of rotatable bonds is 6. The number of alkyl halides is 2. The lowest BCUT2D eigenvalue weighted by Crippen LogP contribution is -2.16. The van der Waals surface area contributed by atoms with Gasteiger partial charge >= 0.3 is 0 Å². The molecular weight excluding hydrogens is 204 g/mol. The predicted molar refractivity (Wildman–Crippen MR) is 50.4 cm³/mol. The van der Waals surface area contributed by atoms with Crippen molar-refractivity contribution in [1.29, 1.82) is 0 Å². The van der Waals surface area contributed by atoms with Crippen LogP contribution >= 0.6 is 0 Å². The second-order valence-corrected chi connectivity index (χ2v) is 2.99. The Labute approximate surface area is 86.5 Å². The van der Waals surface area contributed by atoms with Crippen molar-refractivity contribution < 1.29 is 13.5 Å². The smallest absolute Gasteiger partial charge is 0.261 e. The second kappa shape index (κ2) is 6.36. The van der Waals surface area contributed by atoms with Gasteiger partial charge in [0.1, 0.15) is 6.61 Å². The largest absolute Gasteiger partial charge is 0.375 e. The van der Waals surface area contributed by atoms with Gasteiger partial charge in [-0.05, 0) is 6.42 Å². The van der Waals surface area contributed by atoms with Gasteiger partial charge in [0.05, 0.1) is 11.7 Å². The Bertz CT molecular complexity index is 271. The first-order valence-corrected chi connectivity index (χ1v) is 4.57. The molecule has 0 aliphatic rings. The molecule has 0 radical (unpaired) electrons. The van der Waals surface area contributed by atoms with E-state index in [-0.39, 0.29) is 12.6 Å². The topological polar surface area (TPSA) is 61.0 Å². The zero-order valence-electron chi connectivity index (χ0n) is 8.14. The van der Waals surface area contributed by atoms with Crippen molar-refractivity contribution in [2.75, 3.05) is 13.2 Å². The van der Waals surface area contributed by atoms with Gasteiger partial charge in [-0.2, -0.15) is 0 Å². The highest BCUT2D eigenvalue weighted by Gasteiger charge is 2.08. The highest BCUT2D eigenvalue weighted by atomic mass is 19.3. The lowest BCUT2D eigenvalue weighted by Gasteiger charge is -2.10. The quantitative estimate of drug-likeness (QED) is 0.726. The first kappa shape index (κ1) is 11.9. The molecule has 0 saturated heterocycles. The predicted octanol–water partition coefficient (Wildman–Crippen LogP) is 1.15. The summed E-state index contributed by atoms with van der Waals surface area (Å²) in [7, 11) is 0. The van der Waals surface area contributed by atoms with Crippen LogP contribution in [-0.4, -0.2) is 29.6 Å². The maximum atomic E-state index is 11.7. The zero-order chi connectivity index (χ0) is 11.1. The van der Waals surface area contributed by atoms with Crippen molar-refractivity contribution in [3.05, 3.63) is 24.3 Å². The van der Waals surface area contributed by atoms with Gasteiger partial charge < -0.3 is 10.5 Å². The molecule has 2 N–H and O–H groups in total. The van der Waals surface area contributed by atoms with E-state index >= 15 is 0 Å². The summed E-state index contributed by atoms with van der Waals surface area (Å²) in [6, 6.07) is -0.323. The summed E-state index contributed by atoms with van der Waals surface area (Å²) >= 11 is 0. The van der Waals surface area contributed by atoms with Crippen LogP contribution in [0.4, 0.5) is 8.78 Å². The van der Waals surface area contributed by atoms with Gasteiger partial charge in [-0.15, -0.1) is 0 Å². The van der Waals surface area contributed by atoms with E-state index in [4.69, 9.17) is 10.5 Å². The summed E-state index contributed by atoms with van der Waals surface area (Å²) in [5.74, 6) is 0. The lowest BCUT2D eigenvalue weighted by atomic mass is 10.2. The van der Waals surface area contributed by atoms with Crippen molar-refractivity contribution in [3.8, 4) is 0 Å². The maximum absolute atomic E-state index is 11.7. The van der Waals surface area contributed by atoms with E-state index in [1.165, 1.54) is 6.20 Å². The molecule has 0 bridgehead atoms. The van der Waals surface area contributed by atoms with Crippen molar-refractivity contribution in [2.24, 2.45) is 5.73 Å². The molecule has 0 spiro atoms. The van der Waals surface area contributed by atoms with E-state index in [9.17, 15) is 8.78 Å². The molecule has 0 aliphatic heterocycles. The zero-order valence-corrected chi connectivity index (χ0v) is 8.14. The normalized spacial score (nSPS) is 13.1. The Morgan fingerprint density at radius 3 is 2.80 bits per heavy atom. The fourth-order valence-electron chi connectivity index (χ4n) is 1.03. The first-order chi connectivity index (χ1) is 7.20. The van der Waals surface area contributed by atoms with Crippen LogP contribution in [0, 0.1) is 0 Å². The van der Waals surface area contributed by atoms with Crippen LogP contribution in [0.2, 0.25) is 0 Å². The van der Waals surface area contributed by atoms with E-state index in [0.717, 1.165) is 0 Å². The lowest BCUT2D eigenvalue weighted by molar-refractivity contribution is 0.0151. The molecule has 0 aromatic carbocycles. The molecule has 1 aromatic heterocycles. The molecule has 6 heteroatoms. The number of nitrogens with two attached hydrogens (primary N) is 1. The minimum atomic E-state index is -2.43. The van der Waals surface area contributed by atoms with E-state index in [1.54, 1.807) is 12.4 Å². The van der Waals surface area contributed by atoms with E-state index in [1.807, 2.05) is 0 Å². The van der Waals surface area contributed by atoms with Gasteiger partial charge in [0, 0.05) is 25.2 Å². The molecule has 0 amide bonds. The van der Waals surface area contributed by atoms with E-state index < -0.39 is 13.0 Å². The molecule has 0 saturated carbocycles. The summed E-state index contributed by atoms with van der Waals surface area (Å²) < 4.78 is 28.1. The average molecular weight is 217 g/mol. The van der Waals surface area contributed by atoms with Gasteiger partial charge in [0.2, 0.25) is 0 Å². The molecule has 1 rings (SSSR count). The molecule has 84 valence electrons. The minimum absolute atomic E-state index is 0.197. The fourth-order valence-corrected chi connectivity index (χ4v) is 1.03. The number of hydrogen-bond donors (Lipinski definition) is 1. The molecule has 1 heterocycles. The van der Waals surface area contributed by atoms with Crippen LogP contribution < -0.4 is 5.73 Å². The Morgan fingerprint density at radius 2 is 2.20 bits per heavy atom. The van der Waals surface area contributed by atoms with Gasteiger partial charge in [0.15, 0.2) is 0 Å². The molecule has 0 fully saturated rings. The highest BCUT2D eigenvalue weighted by Crippen LogP contribution is 2.09. The van der Waals surface area contributed by atoms with Crippen molar-refractivity contribution in [2.45, 2.75) is 18.9 Å². The second-order valence-electron chi connectivity index (χ2n) is 2.99. The van der Waals surface area contributed by atoms with Crippen LogP contribution in [-0.2, 0) is 4.74 Å². The number of nitrogens with zero attached hydrogens (tertiary/aromatic N) is 2. The van der Waals surface area contributed by atoms with E-state index in [2.05, 4.69) is 9.97 Å². The van der Waals surface area contributed by atoms with Gasteiger partial charge in [-0.3, -0.25) is 9.97 Å². The number of halogens is 2. The Kier molecular flexibility index (Phi) is 5.06. The molecule has 15 heavy (non-hydrogen) atoms. The Balaban J connectivity index is 2.22. The summed E-state index contributed by atoms with van der Waals surface area (Å²) in [5, 5.41) is 0. The summed E-state index contributed by atoms with van der Waals surface area (Å²) in [4.78, 5) is 7.86. The van der Waals surface area contributed by atoms with Gasteiger partial charge in [0.25, 0.3) is 6.43 Å². The Morgan fingerprint density at radius 1 is 1.40 bits per heavy atom. The van der Waals surface area contributed by atoms with Gasteiger partial charge in [-0.1, -0.05) is 0 Å². The van der Waals surface area contributed by atoms with Gasteiger partial charge in [-0.25, -0.2) is 8.78 Å². The van der Waals surface area contributed by atoms with E-state index in [0.29, 0.717) is 12.1 Å². The van der Waals surface area contributed by atoms with Crippen molar-refractivity contribution in [3.63, 3.8) is 0 Å². The average Bonchev–Trinajstić information content (AvgIpc) is 2.25. The third-order valence-corrected chi connectivity index (χ3v) is 1.78. The molecule has 4 nitrogen and oxygen atoms in total. The summed E-state index contributed by atoms with van der Waals surface area (Å²) in [5.41, 5.74) is 6.38. The highest BCUT2D eigenvalue weighted by molar-refractivity contribution is 5.00. The molecule has 0 aliphatic carbocycles. The van der Waals surface area contributed by atoms with Crippen molar-refractivity contribution in [1.82, 2.24) is 9.97 Å². The molecule has 1 aromatic rings. The van der Waals surface area contributed by atoms with Crippen LogP contribution in [0.5, 0.6) is 0 Å². The molecule has 1 atom stereocenters. The minimum Gasteiger partial charge on any atom is -0.375 e. The third-order valence-electron chi connectivity index (χ3n) is 1.78. The number of hydrogen-bond acceptors (Lipinski definition) is 4. The monoisotopic (exact) mass is 217 g/mol. The molecular formula is C9H13F2N3O. The summed E-state index contributed by atoms with van der Waals surface area (Å²) in [6.45, 7) is -0.352. The van der Waals surface area contributed by atoms with Crippen LogP contribution in [0.15, 0.2) is 18.6 Å². The van der Waals surface area contributed by atoms with Crippen LogP contribution in [0.3, 0.4) is 0 Å². The maximum Gasteiger partial charge on any atom is 0.261 e.